The number of hydrogen-bond acceptors (Lipinski definition) is 7. The van der Waals surface area contributed by atoms with Crippen molar-refractivity contribution in [1.82, 2.24) is 19.5 Å². The summed E-state index contributed by atoms with van der Waals surface area (Å²) in [5.74, 6) is 0.241. The standard InChI is InChI=1S/C16H14Cl3N5O3/c17-8-2-1-7(3-9(8)18)21-16-22-14(19)13-15(23-16)24(6-20-13)12-4-10(26)11(5-25)27-12/h1-3,6,10-12,25-26H,4-5H2,(H,21,22,23). The van der Waals surface area contributed by atoms with Crippen LogP contribution >= 0.6 is 34.8 Å². The molecule has 1 fully saturated rings. The van der Waals surface area contributed by atoms with Gasteiger partial charge in [0.15, 0.2) is 10.8 Å². The zero-order valence-electron chi connectivity index (χ0n) is 13.7. The predicted molar refractivity (Wildman–Crippen MR) is 102 cm³/mol. The number of aliphatic hydroxyl groups is 2. The summed E-state index contributed by atoms with van der Waals surface area (Å²) >= 11 is 18.2. The lowest BCUT2D eigenvalue weighted by molar-refractivity contribution is -0.0432. The second kappa shape index (κ2) is 7.38. The number of anilines is 2. The Morgan fingerprint density at radius 2 is 2.04 bits per heavy atom. The highest BCUT2D eigenvalue weighted by Crippen LogP contribution is 2.33. The number of imidazole rings is 1. The van der Waals surface area contributed by atoms with Crippen LogP contribution < -0.4 is 5.32 Å². The molecule has 27 heavy (non-hydrogen) atoms. The molecule has 0 saturated carbocycles. The summed E-state index contributed by atoms with van der Waals surface area (Å²) in [6.07, 6.45) is -0.132. The molecule has 2 aromatic heterocycles. The van der Waals surface area contributed by atoms with Gasteiger partial charge in [-0.15, -0.1) is 0 Å². The molecule has 3 N–H and O–H groups in total. The number of ether oxygens (including phenoxy) is 1. The first-order valence-electron chi connectivity index (χ1n) is 8.03. The molecule has 0 amide bonds. The van der Waals surface area contributed by atoms with Crippen molar-refractivity contribution < 1.29 is 14.9 Å². The van der Waals surface area contributed by atoms with Crippen LogP contribution in [-0.4, -0.2) is 48.5 Å². The lowest BCUT2D eigenvalue weighted by Crippen LogP contribution is -2.24. The lowest BCUT2D eigenvalue weighted by Gasteiger charge is -2.14. The van der Waals surface area contributed by atoms with Crippen LogP contribution in [0.25, 0.3) is 11.2 Å². The Morgan fingerprint density at radius 3 is 2.74 bits per heavy atom. The molecular formula is C16H14Cl3N5O3. The number of aromatic nitrogens is 4. The first-order chi connectivity index (χ1) is 13.0. The fourth-order valence-corrected chi connectivity index (χ4v) is 3.41. The average Bonchev–Trinajstić information content (AvgIpc) is 3.21. The van der Waals surface area contributed by atoms with Crippen LogP contribution in [0.1, 0.15) is 12.6 Å². The third kappa shape index (κ3) is 3.56. The van der Waals surface area contributed by atoms with E-state index in [1.165, 1.54) is 6.33 Å². The van der Waals surface area contributed by atoms with Crippen molar-refractivity contribution in [2.24, 2.45) is 0 Å². The van der Waals surface area contributed by atoms with Gasteiger partial charge in [0.2, 0.25) is 5.95 Å². The highest BCUT2D eigenvalue weighted by Gasteiger charge is 2.35. The number of halogens is 3. The zero-order chi connectivity index (χ0) is 19.1. The van der Waals surface area contributed by atoms with Crippen molar-refractivity contribution in [2.45, 2.75) is 24.9 Å². The maximum Gasteiger partial charge on any atom is 0.230 e. The fraction of sp³-hybridized carbons (Fsp3) is 0.312. The van der Waals surface area contributed by atoms with Crippen LogP contribution in [0.3, 0.4) is 0 Å². The average molecular weight is 431 g/mol. The summed E-state index contributed by atoms with van der Waals surface area (Å²) in [5, 5.41) is 23.3. The molecular weight excluding hydrogens is 417 g/mol. The maximum absolute atomic E-state index is 9.97. The summed E-state index contributed by atoms with van der Waals surface area (Å²) < 4.78 is 7.32. The Morgan fingerprint density at radius 1 is 1.22 bits per heavy atom. The van der Waals surface area contributed by atoms with Gasteiger partial charge in [0, 0.05) is 12.1 Å². The number of fused-ring (bicyclic) bond motifs is 1. The Bertz CT molecular complexity index is 999. The molecule has 3 atom stereocenters. The SMILES string of the molecule is OCC1OC(n2cnc3c(Cl)nc(Nc4ccc(Cl)c(Cl)c4)nc32)CC1O. The molecule has 3 unspecified atom stereocenters. The highest BCUT2D eigenvalue weighted by molar-refractivity contribution is 6.42. The van der Waals surface area contributed by atoms with Crippen molar-refractivity contribution in [1.29, 1.82) is 0 Å². The largest absolute Gasteiger partial charge is 0.394 e. The Labute approximate surface area is 168 Å². The number of hydrogen-bond donors (Lipinski definition) is 3. The van der Waals surface area contributed by atoms with Crippen LogP contribution in [0.5, 0.6) is 0 Å². The van der Waals surface area contributed by atoms with Gasteiger partial charge in [0.05, 0.1) is 29.1 Å². The van der Waals surface area contributed by atoms with Gasteiger partial charge < -0.3 is 20.3 Å². The molecule has 0 spiro atoms. The Kier molecular flexibility index (Phi) is 5.11. The Hall–Kier alpha value is -1.68. The van der Waals surface area contributed by atoms with Gasteiger partial charge in [-0.25, -0.2) is 4.98 Å². The third-order valence-electron chi connectivity index (χ3n) is 4.25. The van der Waals surface area contributed by atoms with Crippen LogP contribution in [0.2, 0.25) is 15.2 Å². The quantitative estimate of drug-likeness (QED) is 0.546. The molecule has 1 aromatic carbocycles. The molecule has 142 valence electrons. The second-order valence-electron chi connectivity index (χ2n) is 6.03. The smallest absolute Gasteiger partial charge is 0.230 e. The van der Waals surface area contributed by atoms with Gasteiger partial charge in [-0.05, 0) is 18.2 Å². The fourth-order valence-electron chi connectivity index (χ4n) is 2.90. The van der Waals surface area contributed by atoms with E-state index in [2.05, 4.69) is 20.3 Å². The van der Waals surface area contributed by atoms with Crippen LogP contribution in [0, 0.1) is 0 Å². The molecule has 0 radical (unpaired) electrons. The van der Waals surface area contributed by atoms with E-state index in [1.807, 2.05) is 0 Å². The van der Waals surface area contributed by atoms with Gasteiger partial charge in [0.25, 0.3) is 0 Å². The number of nitrogens with zero attached hydrogens (tertiary/aromatic N) is 4. The second-order valence-corrected chi connectivity index (χ2v) is 7.20. The van der Waals surface area contributed by atoms with E-state index < -0.39 is 18.4 Å². The predicted octanol–water partition coefficient (Wildman–Crippen LogP) is 3.17. The first kappa shape index (κ1) is 18.7. The number of rotatable bonds is 4. The van der Waals surface area contributed by atoms with Crippen LogP contribution in [0.15, 0.2) is 24.5 Å². The molecule has 3 heterocycles. The summed E-state index contributed by atoms with van der Waals surface area (Å²) in [7, 11) is 0. The zero-order valence-corrected chi connectivity index (χ0v) is 15.9. The van der Waals surface area contributed by atoms with Gasteiger partial charge in [-0.1, -0.05) is 34.8 Å². The van der Waals surface area contributed by atoms with Crippen molar-refractivity contribution in [3.8, 4) is 0 Å². The van der Waals surface area contributed by atoms with E-state index in [0.717, 1.165) is 0 Å². The molecule has 0 aliphatic carbocycles. The minimum Gasteiger partial charge on any atom is -0.394 e. The molecule has 1 aliphatic heterocycles. The molecule has 1 saturated heterocycles. The molecule has 0 bridgehead atoms. The van der Waals surface area contributed by atoms with Crippen molar-refractivity contribution in [3.05, 3.63) is 39.7 Å². The first-order valence-corrected chi connectivity index (χ1v) is 9.16. The van der Waals surface area contributed by atoms with E-state index in [0.29, 0.717) is 33.3 Å². The van der Waals surface area contributed by atoms with Gasteiger partial charge in [0.1, 0.15) is 17.8 Å². The summed E-state index contributed by atoms with van der Waals surface area (Å²) in [6.45, 7) is -0.274. The monoisotopic (exact) mass is 429 g/mol. The number of benzene rings is 1. The minimum absolute atomic E-state index is 0.165. The Balaban J connectivity index is 1.68. The van der Waals surface area contributed by atoms with E-state index in [1.54, 1.807) is 22.8 Å². The van der Waals surface area contributed by atoms with Gasteiger partial charge in [-0.3, -0.25) is 4.57 Å². The van der Waals surface area contributed by atoms with Crippen LogP contribution in [-0.2, 0) is 4.74 Å². The van der Waals surface area contributed by atoms with Gasteiger partial charge >= 0.3 is 0 Å². The third-order valence-corrected chi connectivity index (χ3v) is 5.25. The number of nitrogens with one attached hydrogen (secondary N) is 1. The van der Waals surface area contributed by atoms with E-state index in [4.69, 9.17) is 39.5 Å². The minimum atomic E-state index is -0.774. The molecule has 4 rings (SSSR count). The summed E-state index contributed by atoms with van der Waals surface area (Å²) in [5.41, 5.74) is 1.48. The van der Waals surface area contributed by atoms with E-state index >= 15 is 0 Å². The van der Waals surface area contributed by atoms with Crippen molar-refractivity contribution >= 4 is 57.6 Å². The van der Waals surface area contributed by atoms with E-state index in [9.17, 15) is 10.2 Å². The molecule has 8 nitrogen and oxygen atoms in total. The summed E-state index contributed by atoms with van der Waals surface area (Å²) in [6, 6.07) is 5.03. The molecule has 1 aliphatic rings. The van der Waals surface area contributed by atoms with Gasteiger partial charge in [-0.2, -0.15) is 9.97 Å². The van der Waals surface area contributed by atoms with Crippen molar-refractivity contribution in [3.63, 3.8) is 0 Å². The normalized spacial score (nSPS) is 22.5. The molecule has 3 aromatic rings. The van der Waals surface area contributed by atoms with E-state index in [-0.39, 0.29) is 17.7 Å². The molecule has 11 heteroatoms. The highest BCUT2D eigenvalue weighted by atomic mass is 35.5. The van der Waals surface area contributed by atoms with Crippen LogP contribution in [0.4, 0.5) is 11.6 Å². The van der Waals surface area contributed by atoms with Crippen molar-refractivity contribution in [2.75, 3.05) is 11.9 Å². The lowest BCUT2D eigenvalue weighted by atomic mass is 10.2. The maximum atomic E-state index is 9.97. The number of aliphatic hydroxyl groups excluding tert-OH is 2. The topological polar surface area (TPSA) is 105 Å². The summed E-state index contributed by atoms with van der Waals surface area (Å²) in [4.78, 5) is 12.9.